The molecule has 2 aliphatic heterocycles. The average Bonchev–Trinajstić information content (AvgIpc) is 3.06. The number of nitrogens with zero attached hydrogens (tertiary/aromatic N) is 2. The van der Waals surface area contributed by atoms with E-state index in [0.29, 0.717) is 11.6 Å². The van der Waals surface area contributed by atoms with Crippen molar-refractivity contribution in [1.82, 2.24) is 15.3 Å². The maximum absolute atomic E-state index is 6.34. The Hall–Kier alpha value is -1.56. The number of nitrogens with one attached hydrogen (secondary N) is 1. The van der Waals surface area contributed by atoms with Crippen molar-refractivity contribution in [1.29, 1.82) is 0 Å². The van der Waals surface area contributed by atoms with Gasteiger partial charge in [-0.25, -0.2) is 5.43 Å². The molecule has 6 heteroatoms. The van der Waals surface area contributed by atoms with E-state index in [1.807, 2.05) is 18.2 Å². The number of ether oxygens (including phenoxy) is 1. The fourth-order valence-electron chi connectivity index (χ4n) is 3.95. The van der Waals surface area contributed by atoms with Crippen LogP contribution in [-0.2, 0) is 24.2 Å². The highest BCUT2D eigenvalue weighted by Crippen LogP contribution is 2.25. The minimum atomic E-state index is 0.277. The van der Waals surface area contributed by atoms with E-state index in [4.69, 9.17) is 27.9 Å². The van der Waals surface area contributed by atoms with Crippen molar-refractivity contribution in [3.63, 3.8) is 0 Å². The minimum absolute atomic E-state index is 0.277. The van der Waals surface area contributed by atoms with Gasteiger partial charge in [0.05, 0.1) is 25.8 Å². The van der Waals surface area contributed by atoms with E-state index in [1.54, 1.807) is 0 Å². The standard InChI is InChI=1S/C23H27Cl2N3O/c1-17-14-28(16-20-12-21(24)6-7-22(20)25)26-23(17)13-18-4-2-3-5-19(18)15-27-8-10-29-11-9-27/h2-7,12,14,23,26H,8-11,13,15-16H2,1H3. The summed E-state index contributed by atoms with van der Waals surface area (Å²) < 4.78 is 5.48. The second-order valence-corrected chi connectivity index (χ2v) is 8.62. The molecule has 0 amide bonds. The lowest BCUT2D eigenvalue weighted by Gasteiger charge is -2.28. The monoisotopic (exact) mass is 431 g/mol. The van der Waals surface area contributed by atoms with Crippen LogP contribution < -0.4 is 5.43 Å². The van der Waals surface area contributed by atoms with Crippen LogP contribution in [0.4, 0.5) is 0 Å². The molecule has 4 nitrogen and oxygen atoms in total. The number of hydrazine groups is 1. The van der Waals surface area contributed by atoms with Crippen molar-refractivity contribution in [3.8, 4) is 0 Å². The summed E-state index contributed by atoms with van der Waals surface area (Å²) in [6, 6.07) is 14.7. The number of hydrogen-bond donors (Lipinski definition) is 1. The Labute approximate surface area is 183 Å². The fourth-order valence-corrected chi connectivity index (χ4v) is 4.32. The molecular formula is C23H27Cl2N3O. The molecule has 1 saturated heterocycles. The molecule has 154 valence electrons. The van der Waals surface area contributed by atoms with Crippen LogP contribution in [0.1, 0.15) is 23.6 Å². The number of halogens is 2. The summed E-state index contributed by atoms with van der Waals surface area (Å²) in [5.74, 6) is 0. The van der Waals surface area contributed by atoms with Crippen molar-refractivity contribution in [2.75, 3.05) is 26.3 Å². The topological polar surface area (TPSA) is 27.7 Å². The molecule has 2 aromatic carbocycles. The second kappa shape index (κ2) is 9.50. The summed E-state index contributed by atoms with van der Waals surface area (Å²) in [6.45, 7) is 7.51. The predicted octanol–water partition coefficient (Wildman–Crippen LogP) is 4.66. The first-order chi connectivity index (χ1) is 14.1. The van der Waals surface area contributed by atoms with Crippen molar-refractivity contribution >= 4 is 23.2 Å². The summed E-state index contributed by atoms with van der Waals surface area (Å²) >= 11 is 12.5. The fraction of sp³-hybridized carbons (Fsp3) is 0.391. The molecule has 0 bridgehead atoms. The highest BCUT2D eigenvalue weighted by Gasteiger charge is 2.23. The maximum atomic E-state index is 6.34. The van der Waals surface area contributed by atoms with Crippen LogP contribution in [0.15, 0.2) is 54.2 Å². The highest BCUT2D eigenvalue weighted by atomic mass is 35.5. The number of morpholine rings is 1. The predicted molar refractivity (Wildman–Crippen MR) is 119 cm³/mol. The molecule has 0 aromatic heterocycles. The zero-order chi connectivity index (χ0) is 20.2. The van der Waals surface area contributed by atoms with Crippen LogP contribution in [0.2, 0.25) is 10.0 Å². The summed E-state index contributed by atoms with van der Waals surface area (Å²) in [4.78, 5) is 2.47. The molecule has 4 rings (SSSR count). The quantitative estimate of drug-likeness (QED) is 0.719. The van der Waals surface area contributed by atoms with Crippen LogP contribution in [0.3, 0.4) is 0 Å². The summed E-state index contributed by atoms with van der Waals surface area (Å²) in [6.07, 6.45) is 3.13. The van der Waals surface area contributed by atoms with Crippen LogP contribution in [0.5, 0.6) is 0 Å². The lowest BCUT2D eigenvalue weighted by molar-refractivity contribution is 0.0340. The zero-order valence-corrected chi connectivity index (χ0v) is 18.2. The minimum Gasteiger partial charge on any atom is -0.379 e. The Morgan fingerprint density at radius 2 is 1.76 bits per heavy atom. The smallest absolute Gasteiger partial charge is 0.0603 e. The Morgan fingerprint density at radius 1 is 1.00 bits per heavy atom. The van der Waals surface area contributed by atoms with E-state index in [0.717, 1.165) is 49.9 Å². The molecule has 0 saturated carbocycles. The second-order valence-electron chi connectivity index (χ2n) is 7.78. The van der Waals surface area contributed by atoms with Crippen molar-refractivity contribution in [2.24, 2.45) is 0 Å². The zero-order valence-electron chi connectivity index (χ0n) is 16.7. The van der Waals surface area contributed by atoms with Gasteiger partial charge in [0.2, 0.25) is 0 Å². The number of benzene rings is 2. The SMILES string of the molecule is CC1=CN(Cc2cc(Cl)ccc2Cl)NC1Cc1ccccc1CN1CCOCC1. The van der Waals surface area contributed by atoms with Gasteiger partial charge >= 0.3 is 0 Å². The third-order valence-corrected chi connectivity index (χ3v) is 6.22. The van der Waals surface area contributed by atoms with Gasteiger partial charge in [0.25, 0.3) is 0 Å². The first kappa shape index (κ1) is 20.7. The van der Waals surface area contributed by atoms with Gasteiger partial charge in [-0.05, 0) is 53.8 Å². The lowest BCUT2D eigenvalue weighted by Crippen LogP contribution is -2.38. The molecular weight excluding hydrogens is 405 g/mol. The van der Waals surface area contributed by atoms with Crippen molar-refractivity contribution in [2.45, 2.75) is 32.5 Å². The Kier molecular flexibility index (Phi) is 6.78. The van der Waals surface area contributed by atoms with Crippen LogP contribution in [0.25, 0.3) is 0 Å². The molecule has 1 N–H and O–H groups in total. The van der Waals surface area contributed by atoms with E-state index in [9.17, 15) is 0 Å². The van der Waals surface area contributed by atoms with Gasteiger partial charge in [0, 0.05) is 35.9 Å². The molecule has 0 spiro atoms. The van der Waals surface area contributed by atoms with Gasteiger partial charge in [0.1, 0.15) is 0 Å². The van der Waals surface area contributed by atoms with Gasteiger partial charge in [-0.1, -0.05) is 47.5 Å². The first-order valence-electron chi connectivity index (χ1n) is 10.1. The van der Waals surface area contributed by atoms with E-state index in [2.05, 4.69) is 52.7 Å². The summed E-state index contributed by atoms with van der Waals surface area (Å²) in [5.41, 5.74) is 8.76. The molecule has 1 unspecified atom stereocenters. The van der Waals surface area contributed by atoms with E-state index in [-0.39, 0.29) is 6.04 Å². The van der Waals surface area contributed by atoms with E-state index < -0.39 is 0 Å². The number of rotatable bonds is 6. The molecule has 2 heterocycles. The molecule has 1 atom stereocenters. The Bertz CT molecular complexity index is 880. The molecule has 0 aliphatic carbocycles. The maximum Gasteiger partial charge on any atom is 0.0603 e. The third-order valence-electron chi connectivity index (χ3n) is 5.62. The van der Waals surface area contributed by atoms with Gasteiger partial charge < -0.3 is 9.75 Å². The van der Waals surface area contributed by atoms with Crippen LogP contribution in [-0.4, -0.2) is 42.3 Å². The van der Waals surface area contributed by atoms with Gasteiger partial charge in [0.15, 0.2) is 0 Å². The van der Waals surface area contributed by atoms with E-state index >= 15 is 0 Å². The van der Waals surface area contributed by atoms with Crippen molar-refractivity contribution in [3.05, 3.63) is 81.0 Å². The molecule has 2 aromatic rings. The van der Waals surface area contributed by atoms with Crippen LogP contribution >= 0.6 is 23.2 Å². The van der Waals surface area contributed by atoms with Crippen molar-refractivity contribution < 1.29 is 4.74 Å². The van der Waals surface area contributed by atoms with Gasteiger partial charge in [-0.2, -0.15) is 0 Å². The largest absolute Gasteiger partial charge is 0.379 e. The summed E-state index contributed by atoms with van der Waals surface area (Å²) in [7, 11) is 0. The highest BCUT2D eigenvalue weighted by molar-refractivity contribution is 6.33. The molecule has 29 heavy (non-hydrogen) atoms. The Morgan fingerprint density at radius 3 is 2.55 bits per heavy atom. The van der Waals surface area contributed by atoms with Crippen LogP contribution in [0, 0.1) is 0 Å². The first-order valence-corrected chi connectivity index (χ1v) is 10.9. The van der Waals surface area contributed by atoms with E-state index in [1.165, 1.54) is 16.7 Å². The van der Waals surface area contributed by atoms with Gasteiger partial charge in [-0.15, -0.1) is 0 Å². The molecule has 0 radical (unpaired) electrons. The Balaban J connectivity index is 1.41. The summed E-state index contributed by atoms with van der Waals surface area (Å²) in [5, 5.41) is 3.56. The third kappa shape index (κ3) is 5.33. The number of hydrogen-bond acceptors (Lipinski definition) is 4. The normalized spacial score (nSPS) is 20.2. The van der Waals surface area contributed by atoms with Gasteiger partial charge in [-0.3, -0.25) is 4.90 Å². The lowest BCUT2D eigenvalue weighted by atomic mass is 9.97. The average molecular weight is 432 g/mol. The molecule has 2 aliphatic rings. The molecule has 1 fully saturated rings.